The van der Waals surface area contributed by atoms with Crippen LogP contribution in [0.2, 0.25) is 0 Å². The van der Waals surface area contributed by atoms with Gasteiger partial charge in [0.1, 0.15) is 0 Å². The molecule has 2 heterocycles. The van der Waals surface area contributed by atoms with E-state index in [4.69, 9.17) is 4.42 Å². The van der Waals surface area contributed by atoms with Gasteiger partial charge in [0.2, 0.25) is 5.89 Å². The molecule has 1 N–H and O–H groups in total. The first-order valence-corrected chi connectivity index (χ1v) is 5.68. The lowest BCUT2D eigenvalue weighted by atomic mass is 10.5. The van der Waals surface area contributed by atoms with Crippen LogP contribution >= 0.6 is 27.3 Å². The number of nitrogens with zero attached hydrogens (tertiary/aromatic N) is 2. The Labute approximate surface area is 93.5 Å². The highest BCUT2D eigenvalue weighted by atomic mass is 79.9. The average molecular weight is 274 g/mol. The number of hydrogen-bond donors (Lipinski definition) is 1. The van der Waals surface area contributed by atoms with E-state index >= 15 is 0 Å². The number of nitrogens with one attached hydrogen (secondary N) is 1. The minimum absolute atomic E-state index is 0.465. The maximum absolute atomic E-state index is 5.17. The molecule has 0 aliphatic rings. The van der Waals surface area contributed by atoms with E-state index in [-0.39, 0.29) is 0 Å². The predicted molar refractivity (Wildman–Crippen MR) is 58.4 cm³/mol. The summed E-state index contributed by atoms with van der Waals surface area (Å²) in [5, 5.41) is 12.6. The summed E-state index contributed by atoms with van der Waals surface area (Å²) in [6, 6.07) is 2.52. The van der Waals surface area contributed by atoms with E-state index in [1.807, 2.05) is 5.38 Å². The Morgan fingerprint density at radius 2 is 2.43 bits per heavy atom. The number of aryl methyl sites for hydroxylation is 1. The van der Waals surface area contributed by atoms with E-state index in [2.05, 4.69) is 37.5 Å². The third kappa shape index (κ3) is 2.33. The van der Waals surface area contributed by atoms with Crippen LogP contribution in [0.3, 0.4) is 0 Å². The lowest BCUT2D eigenvalue weighted by Gasteiger charge is -1.96. The Bertz CT molecular complexity index is 385. The van der Waals surface area contributed by atoms with Crippen LogP contribution in [0, 0.1) is 6.92 Å². The molecular formula is C8H8BrN3OS. The standard InChI is InChI=1S/C8H8BrN3OS/c1-5-11-12-8(13-5)10-3-7-2-6(9)4-14-7/h2,4H,3H2,1H3,(H,10,12). The molecule has 6 heteroatoms. The molecule has 0 aromatic carbocycles. The molecule has 0 unspecified atom stereocenters. The number of hydrogen-bond acceptors (Lipinski definition) is 5. The summed E-state index contributed by atoms with van der Waals surface area (Å²) in [5.74, 6) is 0.569. The van der Waals surface area contributed by atoms with E-state index in [0.29, 0.717) is 18.5 Å². The molecule has 2 rings (SSSR count). The van der Waals surface area contributed by atoms with Crippen molar-refractivity contribution in [3.8, 4) is 0 Å². The Morgan fingerprint density at radius 1 is 1.57 bits per heavy atom. The Kier molecular flexibility index (Phi) is 2.83. The van der Waals surface area contributed by atoms with Gasteiger partial charge >= 0.3 is 6.01 Å². The Balaban J connectivity index is 1.94. The van der Waals surface area contributed by atoms with Crippen molar-refractivity contribution in [2.24, 2.45) is 0 Å². The lowest BCUT2D eigenvalue weighted by molar-refractivity contribution is 0.531. The molecule has 74 valence electrons. The van der Waals surface area contributed by atoms with Gasteiger partial charge in [-0.05, 0) is 22.0 Å². The van der Waals surface area contributed by atoms with Crippen LogP contribution in [0.5, 0.6) is 0 Å². The van der Waals surface area contributed by atoms with E-state index in [9.17, 15) is 0 Å². The van der Waals surface area contributed by atoms with Gasteiger partial charge in [0, 0.05) is 21.7 Å². The van der Waals surface area contributed by atoms with Gasteiger partial charge in [0.25, 0.3) is 0 Å². The molecule has 14 heavy (non-hydrogen) atoms. The summed E-state index contributed by atoms with van der Waals surface area (Å²) in [6.45, 7) is 2.47. The lowest BCUT2D eigenvalue weighted by Crippen LogP contribution is -1.97. The molecule has 0 fully saturated rings. The quantitative estimate of drug-likeness (QED) is 0.935. The summed E-state index contributed by atoms with van der Waals surface area (Å²) in [4.78, 5) is 1.22. The molecule has 0 spiro atoms. The van der Waals surface area contributed by atoms with Crippen molar-refractivity contribution < 1.29 is 4.42 Å². The largest absolute Gasteiger partial charge is 0.408 e. The van der Waals surface area contributed by atoms with Crippen molar-refractivity contribution in [2.75, 3.05) is 5.32 Å². The molecule has 0 aliphatic heterocycles. The Morgan fingerprint density at radius 3 is 3.00 bits per heavy atom. The molecule has 0 aliphatic carbocycles. The molecule has 0 amide bonds. The molecular weight excluding hydrogens is 266 g/mol. The number of anilines is 1. The molecule has 0 atom stereocenters. The zero-order valence-corrected chi connectivity index (χ0v) is 9.85. The summed E-state index contributed by atoms with van der Waals surface area (Å²) in [6.07, 6.45) is 0. The third-order valence-electron chi connectivity index (χ3n) is 1.56. The number of rotatable bonds is 3. The van der Waals surface area contributed by atoms with E-state index in [0.717, 1.165) is 4.47 Å². The molecule has 0 bridgehead atoms. The molecule has 0 radical (unpaired) electrons. The SMILES string of the molecule is Cc1nnc(NCc2cc(Br)cs2)o1. The molecule has 2 aromatic heterocycles. The normalized spacial score (nSPS) is 10.4. The van der Waals surface area contributed by atoms with Gasteiger partial charge < -0.3 is 9.73 Å². The highest BCUT2D eigenvalue weighted by Gasteiger charge is 2.02. The van der Waals surface area contributed by atoms with Crippen molar-refractivity contribution >= 4 is 33.3 Å². The van der Waals surface area contributed by atoms with Gasteiger partial charge in [-0.1, -0.05) is 5.10 Å². The molecule has 0 saturated carbocycles. The predicted octanol–water partition coefficient (Wildman–Crippen LogP) is 2.81. The van der Waals surface area contributed by atoms with Gasteiger partial charge in [-0.3, -0.25) is 0 Å². The highest BCUT2D eigenvalue weighted by molar-refractivity contribution is 9.10. The van der Waals surface area contributed by atoms with Crippen molar-refractivity contribution in [3.63, 3.8) is 0 Å². The van der Waals surface area contributed by atoms with Crippen LogP contribution in [0.1, 0.15) is 10.8 Å². The average Bonchev–Trinajstić information content (AvgIpc) is 2.72. The van der Waals surface area contributed by atoms with Crippen molar-refractivity contribution in [1.82, 2.24) is 10.2 Å². The number of aromatic nitrogens is 2. The zero-order valence-electron chi connectivity index (χ0n) is 7.45. The third-order valence-corrected chi connectivity index (χ3v) is 3.26. The van der Waals surface area contributed by atoms with E-state index in [1.54, 1.807) is 18.3 Å². The fourth-order valence-electron chi connectivity index (χ4n) is 0.977. The van der Waals surface area contributed by atoms with Gasteiger partial charge in [-0.25, -0.2) is 0 Å². The van der Waals surface area contributed by atoms with Crippen LogP contribution < -0.4 is 5.32 Å². The maximum atomic E-state index is 5.17. The first kappa shape index (κ1) is 9.67. The minimum atomic E-state index is 0.465. The first-order chi connectivity index (χ1) is 6.74. The van der Waals surface area contributed by atoms with Gasteiger partial charge in [-0.2, -0.15) is 0 Å². The van der Waals surface area contributed by atoms with Crippen LogP contribution in [0.15, 0.2) is 20.3 Å². The molecule has 4 nitrogen and oxygen atoms in total. The highest BCUT2D eigenvalue weighted by Crippen LogP contribution is 2.20. The van der Waals surface area contributed by atoms with Crippen LogP contribution in [0.4, 0.5) is 6.01 Å². The van der Waals surface area contributed by atoms with E-state index in [1.165, 1.54) is 4.88 Å². The summed E-state index contributed by atoms with van der Waals surface area (Å²) < 4.78 is 6.27. The monoisotopic (exact) mass is 273 g/mol. The van der Waals surface area contributed by atoms with Crippen molar-refractivity contribution in [2.45, 2.75) is 13.5 Å². The molecule has 2 aromatic rings. The second-order valence-corrected chi connectivity index (χ2v) is 4.62. The van der Waals surface area contributed by atoms with Gasteiger partial charge in [0.15, 0.2) is 0 Å². The van der Waals surface area contributed by atoms with Crippen molar-refractivity contribution in [1.29, 1.82) is 0 Å². The number of thiophene rings is 1. The van der Waals surface area contributed by atoms with Gasteiger partial charge in [0.05, 0.1) is 6.54 Å². The maximum Gasteiger partial charge on any atom is 0.315 e. The summed E-state index contributed by atoms with van der Waals surface area (Å²) in [5.41, 5.74) is 0. The molecule has 0 saturated heterocycles. The fourth-order valence-corrected chi connectivity index (χ4v) is 2.37. The van der Waals surface area contributed by atoms with Gasteiger partial charge in [-0.15, -0.1) is 16.4 Å². The zero-order chi connectivity index (χ0) is 9.97. The Hall–Kier alpha value is -0.880. The van der Waals surface area contributed by atoms with Crippen LogP contribution in [0.25, 0.3) is 0 Å². The minimum Gasteiger partial charge on any atom is -0.408 e. The number of halogens is 1. The topological polar surface area (TPSA) is 51.0 Å². The smallest absolute Gasteiger partial charge is 0.315 e. The van der Waals surface area contributed by atoms with Crippen LogP contribution in [-0.4, -0.2) is 10.2 Å². The van der Waals surface area contributed by atoms with Crippen LogP contribution in [-0.2, 0) is 6.54 Å². The second-order valence-electron chi connectivity index (χ2n) is 2.71. The fraction of sp³-hybridized carbons (Fsp3) is 0.250. The summed E-state index contributed by atoms with van der Waals surface area (Å²) in [7, 11) is 0. The van der Waals surface area contributed by atoms with Crippen molar-refractivity contribution in [3.05, 3.63) is 26.7 Å². The summed E-state index contributed by atoms with van der Waals surface area (Å²) >= 11 is 5.07. The van der Waals surface area contributed by atoms with E-state index < -0.39 is 0 Å². The first-order valence-electron chi connectivity index (χ1n) is 4.01. The second kappa shape index (κ2) is 4.10.